The Morgan fingerprint density at radius 1 is 1.00 bits per heavy atom. The van der Waals surface area contributed by atoms with Crippen LogP contribution in [-0.2, 0) is 0 Å². The lowest BCUT2D eigenvalue weighted by molar-refractivity contribution is 0.101. The number of pyridine rings is 1. The summed E-state index contributed by atoms with van der Waals surface area (Å²) in [5.41, 5.74) is 6.23. The number of fused-ring (bicyclic) bond motifs is 1. The van der Waals surface area contributed by atoms with Crippen LogP contribution in [0.3, 0.4) is 0 Å². The Morgan fingerprint density at radius 3 is 2.65 bits per heavy atom. The first-order valence-electron chi connectivity index (χ1n) is 9.66. The molecule has 5 rings (SSSR count). The number of nitrogens with one attached hydrogen (secondary N) is 1. The van der Waals surface area contributed by atoms with E-state index in [2.05, 4.69) is 10.5 Å². The monoisotopic (exact) mass is 410 g/mol. The first-order chi connectivity index (χ1) is 15.2. The van der Waals surface area contributed by atoms with Crippen LogP contribution in [0.4, 0.5) is 0 Å². The molecule has 0 spiro atoms. The summed E-state index contributed by atoms with van der Waals surface area (Å²) in [6.07, 6.45) is 3.24. The highest BCUT2D eigenvalue weighted by atomic mass is 16.5. The zero-order valence-electron chi connectivity index (χ0n) is 16.6. The topological polar surface area (TPSA) is 82.2 Å². The van der Waals surface area contributed by atoms with Crippen LogP contribution < -0.4 is 10.2 Å². The molecule has 0 atom stereocenters. The van der Waals surface area contributed by atoms with Crippen LogP contribution in [-0.4, -0.2) is 27.9 Å². The zero-order valence-corrected chi connectivity index (χ0v) is 16.6. The van der Waals surface area contributed by atoms with E-state index < -0.39 is 0 Å². The molecular formula is C24H18N4O3. The second kappa shape index (κ2) is 7.79. The number of hydrogen-bond acceptors (Lipinski definition) is 5. The minimum atomic E-state index is -0.313. The minimum Gasteiger partial charge on any atom is -0.497 e. The SMILES string of the molecule is COc1ccc2nc(-c3ccccc3)cc(C(=O)Nn3ccc(-c4ccco4)n3)c2c1. The van der Waals surface area contributed by atoms with Crippen LogP contribution in [0.25, 0.3) is 33.6 Å². The second-order valence-electron chi connectivity index (χ2n) is 6.87. The van der Waals surface area contributed by atoms with E-state index in [4.69, 9.17) is 14.1 Å². The van der Waals surface area contributed by atoms with E-state index in [9.17, 15) is 4.79 Å². The predicted molar refractivity (Wildman–Crippen MR) is 117 cm³/mol. The molecule has 152 valence electrons. The summed E-state index contributed by atoms with van der Waals surface area (Å²) in [5, 5.41) is 5.05. The maximum Gasteiger partial charge on any atom is 0.272 e. The van der Waals surface area contributed by atoms with Crippen LogP contribution >= 0.6 is 0 Å². The van der Waals surface area contributed by atoms with E-state index >= 15 is 0 Å². The van der Waals surface area contributed by atoms with Gasteiger partial charge >= 0.3 is 0 Å². The van der Waals surface area contributed by atoms with Gasteiger partial charge in [0.25, 0.3) is 5.91 Å². The molecule has 31 heavy (non-hydrogen) atoms. The number of carbonyl (C=O) groups excluding carboxylic acids is 1. The molecule has 0 aliphatic heterocycles. The van der Waals surface area contributed by atoms with E-state index in [1.54, 1.807) is 37.8 Å². The van der Waals surface area contributed by atoms with Gasteiger partial charge in [-0.3, -0.25) is 4.79 Å². The molecule has 3 aromatic heterocycles. The third-order valence-corrected chi connectivity index (χ3v) is 4.91. The maximum atomic E-state index is 13.2. The number of hydrogen-bond donors (Lipinski definition) is 1. The van der Waals surface area contributed by atoms with Crippen molar-refractivity contribution in [3.63, 3.8) is 0 Å². The van der Waals surface area contributed by atoms with Crippen molar-refractivity contribution in [2.24, 2.45) is 0 Å². The summed E-state index contributed by atoms with van der Waals surface area (Å²) in [5.74, 6) is 0.959. The van der Waals surface area contributed by atoms with Gasteiger partial charge in [-0.1, -0.05) is 30.3 Å². The Kier molecular flexibility index (Phi) is 4.68. The number of ether oxygens (including phenoxy) is 1. The van der Waals surface area contributed by atoms with Crippen molar-refractivity contribution >= 4 is 16.8 Å². The third kappa shape index (κ3) is 3.64. The summed E-state index contributed by atoms with van der Waals surface area (Å²) >= 11 is 0. The fraction of sp³-hybridized carbons (Fsp3) is 0.0417. The van der Waals surface area contributed by atoms with Crippen molar-refractivity contribution in [2.45, 2.75) is 0 Å². The van der Waals surface area contributed by atoms with Crippen LogP contribution in [0, 0.1) is 0 Å². The van der Waals surface area contributed by atoms with Gasteiger partial charge in [-0.15, -0.1) is 5.10 Å². The van der Waals surface area contributed by atoms with Crippen LogP contribution in [0.15, 0.2) is 89.7 Å². The molecule has 0 fully saturated rings. The van der Waals surface area contributed by atoms with Crippen LogP contribution in [0.1, 0.15) is 10.4 Å². The lowest BCUT2D eigenvalue weighted by Gasteiger charge is -2.11. The average Bonchev–Trinajstić information content (AvgIpc) is 3.50. The Bertz CT molecular complexity index is 1360. The normalized spacial score (nSPS) is 10.9. The van der Waals surface area contributed by atoms with Gasteiger partial charge in [-0.05, 0) is 42.5 Å². The highest BCUT2D eigenvalue weighted by Gasteiger charge is 2.16. The highest BCUT2D eigenvalue weighted by molar-refractivity contribution is 6.10. The molecule has 1 N–H and O–H groups in total. The van der Waals surface area contributed by atoms with Crippen molar-refractivity contribution < 1.29 is 13.9 Å². The molecule has 1 amide bonds. The van der Waals surface area contributed by atoms with Gasteiger partial charge < -0.3 is 9.15 Å². The lowest BCUT2D eigenvalue weighted by atomic mass is 10.0. The Labute approximate surface area is 177 Å². The number of amides is 1. The molecule has 5 aromatic rings. The molecule has 0 aliphatic carbocycles. The zero-order chi connectivity index (χ0) is 21.2. The summed E-state index contributed by atoms with van der Waals surface area (Å²) in [7, 11) is 1.59. The number of nitrogens with zero attached hydrogens (tertiary/aromatic N) is 3. The second-order valence-corrected chi connectivity index (χ2v) is 6.87. The number of rotatable bonds is 5. The summed E-state index contributed by atoms with van der Waals surface area (Å²) in [4.78, 5) is 19.4. The van der Waals surface area contributed by atoms with Gasteiger partial charge in [0.2, 0.25) is 0 Å². The van der Waals surface area contributed by atoms with E-state index in [0.717, 1.165) is 5.56 Å². The number of carbonyl (C=O) groups is 1. The average molecular weight is 410 g/mol. The molecule has 0 unspecified atom stereocenters. The van der Waals surface area contributed by atoms with Gasteiger partial charge in [-0.25, -0.2) is 10.4 Å². The molecule has 0 radical (unpaired) electrons. The van der Waals surface area contributed by atoms with Crippen LogP contribution in [0.5, 0.6) is 5.75 Å². The maximum absolute atomic E-state index is 13.2. The Hall–Kier alpha value is -4.39. The fourth-order valence-electron chi connectivity index (χ4n) is 3.38. The lowest BCUT2D eigenvalue weighted by Crippen LogP contribution is -2.23. The van der Waals surface area contributed by atoms with Crippen molar-refractivity contribution in [3.05, 3.63) is 90.8 Å². The number of methoxy groups -OCH3 is 1. The standard InChI is InChI=1S/C24H18N4O3/c1-30-17-9-10-20-18(14-17)19(15-22(25-20)16-6-3-2-4-7-16)24(29)27-28-12-11-21(26-28)23-8-5-13-31-23/h2-15H,1H3,(H,27,29). The Morgan fingerprint density at radius 2 is 1.87 bits per heavy atom. The number of furan rings is 1. The van der Waals surface area contributed by atoms with E-state index in [0.29, 0.717) is 39.4 Å². The number of benzene rings is 2. The van der Waals surface area contributed by atoms with Gasteiger partial charge in [0.15, 0.2) is 5.76 Å². The van der Waals surface area contributed by atoms with Gasteiger partial charge in [0.05, 0.1) is 30.1 Å². The van der Waals surface area contributed by atoms with Gasteiger partial charge in [0.1, 0.15) is 11.4 Å². The summed E-state index contributed by atoms with van der Waals surface area (Å²) in [6.45, 7) is 0. The van der Waals surface area contributed by atoms with E-state index in [1.807, 2.05) is 54.6 Å². The van der Waals surface area contributed by atoms with E-state index in [1.165, 1.54) is 4.79 Å². The molecule has 7 heteroatoms. The first kappa shape index (κ1) is 18.6. The number of aromatic nitrogens is 3. The predicted octanol–water partition coefficient (Wildman–Crippen LogP) is 4.75. The quantitative estimate of drug-likeness (QED) is 0.452. The van der Waals surface area contributed by atoms with Crippen molar-refractivity contribution in [1.29, 1.82) is 0 Å². The molecule has 0 bridgehead atoms. The first-order valence-corrected chi connectivity index (χ1v) is 9.66. The largest absolute Gasteiger partial charge is 0.497 e. The molecule has 0 aliphatic rings. The molecular weight excluding hydrogens is 392 g/mol. The Balaban J connectivity index is 1.56. The van der Waals surface area contributed by atoms with Crippen molar-refractivity contribution in [2.75, 3.05) is 12.5 Å². The summed E-state index contributed by atoms with van der Waals surface area (Å²) < 4.78 is 10.7. The van der Waals surface area contributed by atoms with Gasteiger partial charge in [0, 0.05) is 17.1 Å². The van der Waals surface area contributed by atoms with Crippen molar-refractivity contribution in [1.82, 2.24) is 14.9 Å². The van der Waals surface area contributed by atoms with Gasteiger partial charge in [-0.2, -0.15) is 4.79 Å². The van der Waals surface area contributed by atoms with Crippen molar-refractivity contribution in [3.8, 4) is 28.5 Å². The fourth-order valence-corrected chi connectivity index (χ4v) is 3.38. The molecule has 3 heterocycles. The molecule has 2 aromatic carbocycles. The third-order valence-electron chi connectivity index (χ3n) is 4.91. The van der Waals surface area contributed by atoms with E-state index in [-0.39, 0.29) is 5.91 Å². The molecule has 0 saturated heterocycles. The van der Waals surface area contributed by atoms with Crippen LogP contribution in [0.2, 0.25) is 0 Å². The molecule has 0 saturated carbocycles. The summed E-state index contributed by atoms with van der Waals surface area (Å²) in [6, 6.07) is 22.4. The highest BCUT2D eigenvalue weighted by Crippen LogP contribution is 2.28. The smallest absolute Gasteiger partial charge is 0.272 e. The minimum absolute atomic E-state index is 0.313. The molecule has 7 nitrogen and oxygen atoms in total.